The number of nitrogens with zero attached hydrogens (tertiary/aromatic N) is 2. The van der Waals surface area contributed by atoms with Crippen LogP contribution in [0.3, 0.4) is 0 Å². The summed E-state index contributed by atoms with van der Waals surface area (Å²) < 4.78 is 2.03. The Morgan fingerprint density at radius 2 is 2.20 bits per heavy atom. The van der Waals surface area contributed by atoms with E-state index in [9.17, 15) is 0 Å². The molecule has 0 spiro atoms. The van der Waals surface area contributed by atoms with Crippen LogP contribution in [0.1, 0.15) is 51.1 Å². The van der Waals surface area contributed by atoms with Gasteiger partial charge in [0.25, 0.3) is 0 Å². The number of unbranched alkanes of at least 4 members (excludes halogenated alkanes) is 1. The number of hydrogen-bond acceptors (Lipinski definition) is 2. The van der Waals surface area contributed by atoms with Crippen LogP contribution in [0.2, 0.25) is 0 Å². The number of aromatic nitrogens is 2. The summed E-state index contributed by atoms with van der Waals surface area (Å²) in [6, 6.07) is 0.468. The van der Waals surface area contributed by atoms with Gasteiger partial charge in [-0.2, -0.15) is 5.10 Å². The third kappa shape index (κ3) is 3.67. The fraction of sp³-hybridized carbons (Fsp3) is 0.750. The second-order valence-electron chi connectivity index (χ2n) is 4.02. The number of hydrogen-bond donors (Lipinski definition) is 1. The van der Waals surface area contributed by atoms with Crippen molar-refractivity contribution < 1.29 is 0 Å². The van der Waals surface area contributed by atoms with Crippen LogP contribution in [0.5, 0.6) is 0 Å². The van der Waals surface area contributed by atoms with E-state index in [1.807, 2.05) is 17.9 Å². The van der Waals surface area contributed by atoms with E-state index in [4.69, 9.17) is 0 Å². The molecule has 1 unspecified atom stereocenters. The molecule has 1 atom stereocenters. The second-order valence-corrected chi connectivity index (χ2v) is 4.02. The van der Waals surface area contributed by atoms with E-state index in [2.05, 4.69) is 30.5 Å². The van der Waals surface area contributed by atoms with Crippen LogP contribution in [-0.4, -0.2) is 16.8 Å². The first-order chi connectivity index (χ1) is 7.31. The molecule has 1 aromatic heterocycles. The largest absolute Gasteiger partial charge is 0.313 e. The van der Waals surface area contributed by atoms with Crippen molar-refractivity contribution in [2.24, 2.45) is 0 Å². The molecule has 0 aliphatic heterocycles. The van der Waals surface area contributed by atoms with Gasteiger partial charge in [-0.05, 0) is 19.9 Å². The van der Waals surface area contributed by atoms with Crippen molar-refractivity contribution in [1.82, 2.24) is 15.1 Å². The summed E-state index contributed by atoms with van der Waals surface area (Å²) >= 11 is 0. The lowest BCUT2D eigenvalue weighted by atomic mass is 10.1. The standard InChI is InChI=1S/C12H23N3/c1-4-6-7-12(13-3)11-9-14-15(10-11)8-5-2/h9-10,12-13H,4-8H2,1-3H3. The van der Waals surface area contributed by atoms with Gasteiger partial charge < -0.3 is 5.32 Å². The minimum absolute atomic E-state index is 0.468. The zero-order valence-electron chi connectivity index (χ0n) is 10.2. The highest BCUT2D eigenvalue weighted by Crippen LogP contribution is 2.18. The Balaban J connectivity index is 2.57. The van der Waals surface area contributed by atoms with E-state index in [0.717, 1.165) is 13.0 Å². The molecule has 0 aliphatic rings. The fourth-order valence-electron chi connectivity index (χ4n) is 1.80. The Kier molecular flexibility index (Phi) is 5.40. The molecule has 86 valence electrons. The molecule has 3 nitrogen and oxygen atoms in total. The van der Waals surface area contributed by atoms with Crippen molar-refractivity contribution in [2.45, 2.75) is 52.1 Å². The summed E-state index contributed by atoms with van der Waals surface area (Å²) in [5.41, 5.74) is 1.32. The van der Waals surface area contributed by atoms with Crippen molar-refractivity contribution in [1.29, 1.82) is 0 Å². The Morgan fingerprint density at radius 1 is 1.40 bits per heavy atom. The molecule has 1 heterocycles. The Bertz CT molecular complexity index is 268. The average molecular weight is 209 g/mol. The quantitative estimate of drug-likeness (QED) is 0.748. The van der Waals surface area contributed by atoms with Crippen molar-refractivity contribution in [3.63, 3.8) is 0 Å². The second kappa shape index (κ2) is 6.62. The monoisotopic (exact) mass is 209 g/mol. The minimum Gasteiger partial charge on any atom is -0.313 e. The van der Waals surface area contributed by atoms with E-state index < -0.39 is 0 Å². The van der Waals surface area contributed by atoms with Crippen LogP contribution in [-0.2, 0) is 6.54 Å². The molecule has 1 rings (SSSR count). The van der Waals surface area contributed by atoms with Gasteiger partial charge in [-0.15, -0.1) is 0 Å². The van der Waals surface area contributed by atoms with Gasteiger partial charge in [0.2, 0.25) is 0 Å². The molecule has 1 aromatic rings. The maximum Gasteiger partial charge on any atom is 0.0537 e. The molecule has 0 aromatic carbocycles. The molecule has 1 N–H and O–H groups in total. The van der Waals surface area contributed by atoms with E-state index in [1.54, 1.807) is 0 Å². The van der Waals surface area contributed by atoms with E-state index in [0.29, 0.717) is 6.04 Å². The van der Waals surface area contributed by atoms with Crippen molar-refractivity contribution >= 4 is 0 Å². The first-order valence-corrected chi connectivity index (χ1v) is 6.01. The molecule has 0 fully saturated rings. The van der Waals surface area contributed by atoms with Crippen LogP contribution in [0.25, 0.3) is 0 Å². The molecule has 0 saturated heterocycles. The molecule has 3 heteroatoms. The van der Waals surface area contributed by atoms with Crippen molar-refractivity contribution in [3.05, 3.63) is 18.0 Å². The molecule has 0 saturated carbocycles. The lowest BCUT2D eigenvalue weighted by Gasteiger charge is -2.13. The van der Waals surface area contributed by atoms with Gasteiger partial charge in [-0.3, -0.25) is 4.68 Å². The molecule has 0 amide bonds. The van der Waals surface area contributed by atoms with Crippen LogP contribution >= 0.6 is 0 Å². The molecule has 0 bridgehead atoms. The van der Waals surface area contributed by atoms with Crippen LogP contribution in [0.4, 0.5) is 0 Å². The van der Waals surface area contributed by atoms with Crippen LogP contribution in [0.15, 0.2) is 12.4 Å². The number of nitrogens with one attached hydrogen (secondary N) is 1. The van der Waals surface area contributed by atoms with Gasteiger partial charge in [0.15, 0.2) is 0 Å². The van der Waals surface area contributed by atoms with Gasteiger partial charge in [0.05, 0.1) is 6.20 Å². The normalized spacial score (nSPS) is 13.0. The van der Waals surface area contributed by atoms with Gasteiger partial charge in [-0.1, -0.05) is 26.7 Å². The molecular weight excluding hydrogens is 186 g/mol. The summed E-state index contributed by atoms with van der Waals surface area (Å²) in [6.07, 6.45) is 9.02. The number of aryl methyl sites for hydroxylation is 1. The van der Waals surface area contributed by atoms with Crippen LogP contribution in [0, 0.1) is 0 Å². The summed E-state index contributed by atoms with van der Waals surface area (Å²) in [4.78, 5) is 0. The van der Waals surface area contributed by atoms with Crippen LogP contribution < -0.4 is 5.32 Å². The topological polar surface area (TPSA) is 29.9 Å². The predicted octanol–water partition coefficient (Wildman–Crippen LogP) is 2.74. The zero-order chi connectivity index (χ0) is 11.1. The minimum atomic E-state index is 0.468. The van der Waals surface area contributed by atoms with E-state index >= 15 is 0 Å². The lowest BCUT2D eigenvalue weighted by molar-refractivity contribution is 0.521. The molecular formula is C12H23N3. The smallest absolute Gasteiger partial charge is 0.0537 e. The van der Waals surface area contributed by atoms with Crippen molar-refractivity contribution in [3.8, 4) is 0 Å². The molecule has 0 aliphatic carbocycles. The van der Waals surface area contributed by atoms with Gasteiger partial charge in [0, 0.05) is 24.3 Å². The molecule has 15 heavy (non-hydrogen) atoms. The summed E-state index contributed by atoms with van der Waals surface area (Å²) in [7, 11) is 2.03. The maximum atomic E-state index is 4.36. The Morgan fingerprint density at radius 3 is 2.80 bits per heavy atom. The first kappa shape index (κ1) is 12.2. The zero-order valence-corrected chi connectivity index (χ0v) is 10.2. The third-order valence-electron chi connectivity index (χ3n) is 2.70. The summed E-state index contributed by atoms with van der Waals surface area (Å²) in [5.74, 6) is 0. The Hall–Kier alpha value is -0.830. The van der Waals surface area contributed by atoms with E-state index in [1.165, 1.54) is 24.8 Å². The number of rotatable bonds is 7. The van der Waals surface area contributed by atoms with E-state index in [-0.39, 0.29) is 0 Å². The van der Waals surface area contributed by atoms with Gasteiger partial charge in [-0.25, -0.2) is 0 Å². The first-order valence-electron chi connectivity index (χ1n) is 6.01. The highest BCUT2D eigenvalue weighted by molar-refractivity contribution is 5.10. The lowest BCUT2D eigenvalue weighted by Crippen LogP contribution is -2.15. The predicted molar refractivity (Wildman–Crippen MR) is 63.8 cm³/mol. The maximum absolute atomic E-state index is 4.36. The van der Waals surface area contributed by atoms with Crippen molar-refractivity contribution in [2.75, 3.05) is 7.05 Å². The Labute approximate surface area is 92.9 Å². The van der Waals surface area contributed by atoms with Gasteiger partial charge >= 0.3 is 0 Å². The third-order valence-corrected chi connectivity index (χ3v) is 2.70. The fourth-order valence-corrected chi connectivity index (χ4v) is 1.80. The summed E-state index contributed by atoms with van der Waals surface area (Å²) in [5, 5.41) is 7.71. The summed E-state index contributed by atoms with van der Waals surface area (Å²) in [6.45, 7) is 5.42. The van der Waals surface area contributed by atoms with Gasteiger partial charge in [0.1, 0.15) is 0 Å². The average Bonchev–Trinajstić information content (AvgIpc) is 2.68. The highest BCUT2D eigenvalue weighted by Gasteiger charge is 2.10. The molecule has 0 radical (unpaired) electrons. The highest BCUT2D eigenvalue weighted by atomic mass is 15.3. The SMILES string of the molecule is CCCCC(NC)c1cnn(CCC)c1.